The summed E-state index contributed by atoms with van der Waals surface area (Å²) in [5, 5.41) is 8.61. The van der Waals surface area contributed by atoms with E-state index in [1.165, 1.54) is 25.9 Å². The SMILES string of the molecule is CC(NCC(C)N1CCCC1)c1ccc(S(N)(=O)=O)cc1. The van der Waals surface area contributed by atoms with E-state index in [9.17, 15) is 8.42 Å². The lowest BCUT2D eigenvalue weighted by atomic mass is 10.1. The highest BCUT2D eigenvalue weighted by Crippen LogP contribution is 2.16. The number of nitrogens with one attached hydrogen (secondary N) is 1. The summed E-state index contributed by atoms with van der Waals surface area (Å²) < 4.78 is 22.5. The zero-order valence-electron chi connectivity index (χ0n) is 12.7. The van der Waals surface area contributed by atoms with Crippen LogP contribution in [0.3, 0.4) is 0 Å². The van der Waals surface area contributed by atoms with Gasteiger partial charge in [-0.2, -0.15) is 0 Å². The molecule has 3 N–H and O–H groups in total. The first-order valence-corrected chi connectivity index (χ1v) is 9.03. The van der Waals surface area contributed by atoms with Gasteiger partial charge in [-0.25, -0.2) is 13.6 Å². The Kier molecular flexibility index (Phi) is 5.37. The maximum absolute atomic E-state index is 11.2. The van der Waals surface area contributed by atoms with Gasteiger partial charge in [0, 0.05) is 18.6 Å². The summed E-state index contributed by atoms with van der Waals surface area (Å²) in [5.41, 5.74) is 1.07. The van der Waals surface area contributed by atoms with Gasteiger partial charge >= 0.3 is 0 Å². The highest BCUT2D eigenvalue weighted by atomic mass is 32.2. The molecular weight excluding hydrogens is 286 g/mol. The van der Waals surface area contributed by atoms with Crippen molar-refractivity contribution in [1.82, 2.24) is 10.2 Å². The number of nitrogens with two attached hydrogens (primary N) is 1. The fraction of sp³-hybridized carbons (Fsp3) is 0.600. The lowest BCUT2D eigenvalue weighted by Crippen LogP contribution is -2.39. The molecule has 1 aromatic rings. The molecule has 21 heavy (non-hydrogen) atoms. The van der Waals surface area contributed by atoms with E-state index in [1.54, 1.807) is 12.1 Å². The number of hydrogen-bond donors (Lipinski definition) is 2. The third-order valence-electron chi connectivity index (χ3n) is 4.19. The van der Waals surface area contributed by atoms with Gasteiger partial charge in [0.25, 0.3) is 0 Å². The molecule has 0 radical (unpaired) electrons. The molecule has 2 atom stereocenters. The normalized spacial score (nSPS) is 19.6. The summed E-state index contributed by atoms with van der Waals surface area (Å²) >= 11 is 0. The average molecular weight is 311 g/mol. The molecule has 0 aliphatic carbocycles. The molecule has 0 aromatic heterocycles. The van der Waals surface area contributed by atoms with Gasteiger partial charge in [0.15, 0.2) is 0 Å². The van der Waals surface area contributed by atoms with Crippen LogP contribution in [0.2, 0.25) is 0 Å². The standard InChI is InChI=1S/C15H25N3O2S/c1-12(18-9-3-4-10-18)11-17-13(2)14-5-7-15(8-6-14)21(16,19)20/h5-8,12-13,17H,3-4,9-11H2,1-2H3,(H2,16,19,20). The molecule has 2 rings (SSSR count). The molecule has 5 nitrogen and oxygen atoms in total. The van der Waals surface area contributed by atoms with Crippen molar-refractivity contribution in [2.24, 2.45) is 5.14 Å². The summed E-state index contributed by atoms with van der Waals surface area (Å²) in [6, 6.07) is 7.47. The van der Waals surface area contributed by atoms with Crippen molar-refractivity contribution in [2.45, 2.75) is 43.7 Å². The van der Waals surface area contributed by atoms with E-state index in [0.717, 1.165) is 12.1 Å². The Balaban J connectivity index is 1.89. The molecule has 1 saturated heterocycles. The van der Waals surface area contributed by atoms with Crippen molar-refractivity contribution in [3.05, 3.63) is 29.8 Å². The molecule has 0 spiro atoms. The summed E-state index contributed by atoms with van der Waals surface area (Å²) in [6.45, 7) is 7.65. The molecule has 0 saturated carbocycles. The second-order valence-corrected chi connectivity index (χ2v) is 7.40. The minimum absolute atomic E-state index is 0.156. The maximum Gasteiger partial charge on any atom is 0.238 e. The quantitative estimate of drug-likeness (QED) is 0.834. The van der Waals surface area contributed by atoms with Crippen molar-refractivity contribution in [1.29, 1.82) is 0 Å². The van der Waals surface area contributed by atoms with Gasteiger partial charge in [-0.3, -0.25) is 4.90 Å². The Labute approximate surface area is 127 Å². The van der Waals surface area contributed by atoms with Crippen molar-refractivity contribution < 1.29 is 8.42 Å². The number of primary sulfonamides is 1. The summed E-state index contributed by atoms with van der Waals surface area (Å²) in [6.07, 6.45) is 2.60. The Bertz CT molecular complexity index is 551. The number of likely N-dealkylation sites (tertiary alicyclic amines) is 1. The molecule has 118 valence electrons. The largest absolute Gasteiger partial charge is 0.309 e. The Morgan fingerprint density at radius 1 is 1.19 bits per heavy atom. The van der Waals surface area contributed by atoms with Gasteiger partial charge in [0.05, 0.1) is 4.90 Å². The van der Waals surface area contributed by atoms with Gasteiger partial charge in [-0.05, 0) is 57.5 Å². The first-order valence-electron chi connectivity index (χ1n) is 7.48. The predicted octanol–water partition coefficient (Wildman–Crippen LogP) is 1.47. The molecule has 6 heteroatoms. The van der Waals surface area contributed by atoms with Crippen LogP contribution in [0.1, 0.15) is 38.3 Å². The van der Waals surface area contributed by atoms with Crippen molar-refractivity contribution >= 4 is 10.0 Å². The minimum Gasteiger partial charge on any atom is -0.309 e. The molecule has 1 fully saturated rings. The first-order chi connectivity index (χ1) is 9.88. The summed E-state index contributed by atoms with van der Waals surface area (Å²) in [5.74, 6) is 0. The number of sulfonamides is 1. The molecule has 1 aliphatic heterocycles. The third kappa shape index (κ3) is 4.51. The van der Waals surface area contributed by atoms with E-state index >= 15 is 0 Å². The van der Waals surface area contributed by atoms with Gasteiger partial charge in [0.2, 0.25) is 10.0 Å². The molecule has 0 bridgehead atoms. The van der Waals surface area contributed by atoms with Crippen molar-refractivity contribution in [3.63, 3.8) is 0 Å². The zero-order chi connectivity index (χ0) is 15.5. The second kappa shape index (κ2) is 6.87. The molecule has 2 unspecified atom stereocenters. The number of nitrogens with zero attached hydrogens (tertiary/aromatic N) is 1. The number of rotatable bonds is 6. The van der Waals surface area contributed by atoms with Crippen LogP contribution in [0.4, 0.5) is 0 Å². The maximum atomic E-state index is 11.2. The average Bonchev–Trinajstić information content (AvgIpc) is 2.98. The van der Waals surface area contributed by atoms with E-state index in [4.69, 9.17) is 5.14 Å². The Hall–Kier alpha value is -0.950. The van der Waals surface area contributed by atoms with E-state index in [-0.39, 0.29) is 10.9 Å². The molecule has 0 amide bonds. The van der Waals surface area contributed by atoms with Crippen LogP contribution in [0.15, 0.2) is 29.2 Å². The minimum atomic E-state index is -3.61. The Morgan fingerprint density at radius 2 is 1.76 bits per heavy atom. The van der Waals surface area contributed by atoms with E-state index in [1.807, 2.05) is 12.1 Å². The molecule has 1 aromatic carbocycles. The van der Waals surface area contributed by atoms with Gasteiger partial charge in [0.1, 0.15) is 0 Å². The predicted molar refractivity (Wildman–Crippen MR) is 84.5 cm³/mol. The highest BCUT2D eigenvalue weighted by Gasteiger charge is 2.18. The van der Waals surface area contributed by atoms with Crippen LogP contribution in [-0.2, 0) is 10.0 Å². The van der Waals surface area contributed by atoms with Crippen LogP contribution >= 0.6 is 0 Å². The van der Waals surface area contributed by atoms with Crippen LogP contribution in [0.25, 0.3) is 0 Å². The smallest absolute Gasteiger partial charge is 0.238 e. The fourth-order valence-corrected chi connectivity index (χ4v) is 3.24. The first kappa shape index (κ1) is 16.4. The second-order valence-electron chi connectivity index (χ2n) is 5.84. The molecule has 1 heterocycles. The summed E-state index contributed by atoms with van der Waals surface area (Å²) in [7, 11) is -3.61. The number of benzene rings is 1. The van der Waals surface area contributed by atoms with Crippen LogP contribution in [-0.4, -0.2) is 39.0 Å². The third-order valence-corrected chi connectivity index (χ3v) is 5.12. The van der Waals surface area contributed by atoms with Crippen molar-refractivity contribution in [3.8, 4) is 0 Å². The highest BCUT2D eigenvalue weighted by molar-refractivity contribution is 7.89. The lowest BCUT2D eigenvalue weighted by molar-refractivity contribution is 0.247. The van der Waals surface area contributed by atoms with E-state index < -0.39 is 10.0 Å². The fourth-order valence-electron chi connectivity index (χ4n) is 2.72. The number of hydrogen-bond acceptors (Lipinski definition) is 4. The zero-order valence-corrected chi connectivity index (χ0v) is 13.6. The Morgan fingerprint density at radius 3 is 2.29 bits per heavy atom. The summed E-state index contributed by atoms with van der Waals surface area (Å²) in [4.78, 5) is 2.66. The van der Waals surface area contributed by atoms with Gasteiger partial charge in [-0.15, -0.1) is 0 Å². The van der Waals surface area contributed by atoms with Crippen LogP contribution in [0, 0.1) is 0 Å². The lowest BCUT2D eigenvalue weighted by Gasteiger charge is -2.26. The van der Waals surface area contributed by atoms with Gasteiger partial charge < -0.3 is 5.32 Å². The van der Waals surface area contributed by atoms with Crippen molar-refractivity contribution in [2.75, 3.05) is 19.6 Å². The molecular formula is C15H25N3O2S. The monoisotopic (exact) mass is 311 g/mol. The van der Waals surface area contributed by atoms with Crippen LogP contribution in [0.5, 0.6) is 0 Å². The molecule has 1 aliphatic rings. The van der Waals surface area contributed by atoms with Crippen LogP contribution < -0.4 is 10.5 Å². The topological polar surface area (TPSA) is 75.4 Å². The van der Waals surface area contributed by atoms with Gasteiger partial charge in [-0.1, -0.05) is 12.1 Å². The van der Waals surface area contributed by atoms with E-state index in [2.05, 4.69) is 24.1 Å². The van der Waals surface area contributed by atoms with E-state index in [0.29, 0.717) is 6.04 Å².